The zero-order valence-electron chi connectivity index (χ0n) is 6.13. The van der Waals surface area contributed by atoms with Crippen LogP contribution in [0.3, 0.4) is 0 Å². The summed E-state index contributed by atoms with van der Waals surface area (Å²) < 4.78 is 4.21. The topological polar surface area (TPSA) is 96.4 Å². The minimum absolute atomic E-state index is 0.0559. The molecule has 0 aromatic heterocycles. The normalized spacial score (nSPS) is 10.9. The van der Waals surface area contributed by atoms with Gasteiger partial charge in [0.05, 0.1) is 13.7 Å². The molecule has 0 saturated heterocycles. The van der Waals surface area contributed by atoms with Gasteiger partial charge in [0.15, 0.2) is 0 Å². The van der Waals surface area contributed by atoms with Crippen molar-refractivity contribution in [3.63, 3.8) is 0 Å². The number of hydrogen-bond donors (Lipinski definition) is 3. The van der Waals surface area contributed by atoms with Crippen LogP contribution in [0.25, 0.3) is 0 Å². The van der Waals surface area contributed by atoms with Crippen molar-refractivity contribution in [2.45, 2.75) is 0 Å². The van der Waals surface area contributed by atoms with E-state index in [0.29, 0.717) is 0 Å². The van der Waals surface area contributed by atoms with E-state index in [2.05, 4.69) is 4.74 Å². The maximum atomic E-state index is 10.5. The summed E-state index contributed by atoms with van der Waals surface area (Å²) >= 11 is 0. The number of nitrogens with one attached hydrogen (secondary N) is 1. The lowest BCUT2D eigenvalue weighted by atomic mass is 10.3. The van der Waals surface area contributed by atoms with E-state index in [9.17, 15) is 4.79 Å². The van der Waals surface area contributed by atoms with Crippen LogP contribution < -0.4 is 5.73 Å². The summed E-state index contributed by atoms with van der Waals surface area (Å²) in [5.74, 6) is -0.776. The minimum atomic E-state index is -0.776. The van der Waals surface area contributed by atoms with E-state index in [1.807, 2.05) is 0 Å². The molecule has 0 aliphatic heterocycles. The molecule has 5 heteroatoms. The number of nitrogens with two attached hydrogens (primary N) is 1. The summed E-state index contributed by atoms with van der Waals surface area (Å²) in [5.41, 5.74) is 4.81. The smallest absolute Gasteiger partial charge is 0.355 e. The molecule has 0 unspecified atom stereocenters. The lowest BCUT2D eigenvalue weighted by Gasteiger charge is -1.96. The van der Waals surface area contributed by atoms with Gasteiger partial charge in [0.2, 0.25) is 0 Å². The Hall–Kier alpha value is -1.36. The van der Waals surface area contributed by atoms with Crippen LogP contribution in [0, 0.1) is 5.41 Å². The molecule has 0 heterocycles. The maximum absolute atomic E-state index is 10.5. The van der Waals surface area contributed by atoms with Crippen molar-refractivity contribution >= 4 is 11.7 Å². The molecule has 0 radical (unpaired) electrons. The molecule has 5 nitrogen and oxygen atoms in total. The predicted octanol–water partition coefficient (Wildman–Crippen LogP) is -0.986. The lowest BCUT2D eigenvalue weighted by molar-refractivity contribution is -0.132. The van der Waals surface area contributed by atoms with Gasteiger partial charge in [-0.15, -0.1) is 0 Å². The molecule has 0 aliphatic rings. The van der Waals surface area contributed by atoms with Crippen LogP contribution in [0.4, 0.5) is 0 Å². The van der Waals surface area contributed by atoms with Crippen LogP contribution in [0.1, 0.15) is 0 Å². The number of carbonyl (C=O) groups excluding carboxylic acids is 1. The van der Waals surface area contributed by atoms with Crippen molar-refractivity contribution < 1.29 is 14.6 Å². The molecule has 0 amide bonds. The van der Waals surface area contributed by atoms with Gasteiger partial charge in [-0.05, 0) is 6.08 Å². The van der Waals surface area contributed by atoms with E-state index in [1.54, 1.807) is 0 Å². The summed E-state index contributed by atoms with van der Waals surface area (Å²) in [6.07, 6.45) is 1.05. The van der Waals surface area contributed by atoms with E-state index in [1.165, 1.54) is 7.11 Å². The standard InChI is InChI=1S/C6H10N2O3/c1-11-6(10)5(8)2-4(7)3-9/h2,8-9H,3,7H2,1H3/b4-2-,8-5?. The highest BCUT2D eigenvalue weighted by Gasteiger charge is 2.05. The van der Waals surface area contributed by atoms with Crippen LogP contribution in [0.15, 0.2) is 11.8 Å². The number of aliphatic hydroxyl groups is 1. The summed E-state index contributed by atoms with van der Waals surface area (Å²) in [5, 5.41) is 15.4. The van der Waals surface area contributed by atoms with Gasteiger partial charge in [0, 0.05) is 5.70 Å². The van der Waals surface area contributed by atoms with Crippen LogP contribution >= 0.6 is 0 Å². The molecule has 0 spiro atoms. The molecule has 0 rings (SSSR count). The van der Waals surface area contributed by atoms with Crippen molar-refractivity contribution in [3.8, 4) is 0 Å². The number of carbonyl (C=O) groups is 1. The Morgan fingerprint density at radius 1 is 1.82 bits per heavy atom. The van der Waals surface area contributed by atoms with Crippen molar-refractivity contribution in [2.75, 3.05) is 13.7 Å². The van der Waals surface area contributed by atoms with Gasteiger partial charge in [-0.3, -0.25) is 5.41 Å². The zero-order valence-corrected chi connectivity index (χ0v) is 6.13. The van der Waals surface area contributed by atoms with E-state index < -0.39 is 5.97 Å². The van der Waals surface area contributed by atoms with Gasteiger partial charge in [-0.1, -0.05) is 0 Å². The van der Waals surface area contributed by atoms with Gasteiger partial charge in [-0.25, -0.2) is 4.79 Å². The first-order chi connectivity index (χ1) is 5.11. The van der Waals surface area contributed by atoms with E-state index in [0.717, 1.165) is 6.08 Å². The average molecular weight is 158 g/mol. The Morgan fingerprint density at radius 3 is 2.73 bits per heavy atom. The average Bonchev–Trinajstić information content (AvgIpc) is 2.02. The van der Waals surface area contributed by atoms with Crippen molar-refractivity contribution in [2.24, 2.45) is 5.73 Å². The molecule has 0 aliphatic carbocycles. The fourth-order valence-corrected chi connectivity index (χ4v) is 0.400. The van der Waals surface area contributed by atoms with Crippen LogP contribution in [0.2, 0.25) is 0 Å². The first-order valence-electron chi connectivity index (χ1n) is 2.85. The quantitative estimate of drug-likeness (QED) is 0.363. The van der Waals surface area contributed by atoms with Gasteiger partial charge >= 0.3 is 5.97 Å². The number of esters is 1. The molecule has 0 aromatic rings. The van der Waals surface area contributed by atoms with Gasteiger partial charge < -0.3 is 15.6 Å². The van der Waals surface area contributed by atoms with E-state index >= 15 is 0 Å². The fourth-order valence-electron chi connectivity index (χ4n) is 0.400. The molecular weight excluding hydrogens is 148 g/mol. The third-order valence-corrected chi connectivity index (χ3v) is 0.918. The second kappa shape index (κ2) is 4.45. The molecular formula is C6H10N2O3. The number of ether oxygens (including phenoxy) is 1. The third-order valence-electron chi connectivity index (χ3n) is 0.918. The third kappa shape index (κ3) is 3.36. The summed E-state index contributed by atoms with van der Waals surface area (Å²) in [6.45, 7) is -0.376. The van der Waals surface area contributed by atoms with E-state index in [-0.39, 0.29) is 18.0 Å². The van der Waals surface area contributed by atoms with Crippen molar-refractivity contribution in [1.82, 2.24) is 0 Å². The molecule has 62 valence electrons. The summed E-state index contributed by atoms with van der Waals surface area (Å²) in [7, 11) is 1.17. The Balaban J connectivity index is 4.17. The van der Waals surface area contributed by atoms with Gasteiger partial charge in [0.1, 0.15) is 5.71 Å². The van der Waals surface area contributed by atoms with Gasteiger partial charge in [0.25, 0.3) is 0 Å². The molecule has 0 aromatic carbocycles. The Kier molecular flexibility index (Phi) is 3.90. The highest BCUT2D eigenvalue weighted by molar-refractivity contribution is 6.39. The van der Waals surface area contributed by atoms with E-state index in [4.69, 9.17) is 16.2 Å². The second-order valence-corrected chi connectivity index (χ2v) is 1.78. The zero-order chi connectivity index (χ0) is 8.85. The molecule has 0 saturated carbocycles. The monoisotopic (exact) mass is 158 g/mol. The number of hydrogen-bond acceptors (Lipinski definition) is 5. The number of rotatable bonds is 3. The first kappa shape index (κ1) is 9.64. The second-order valence-electron chi connectivity index (χ2n) is 1.78. The van der Waals surface area contributed by atoms with Crippen LogP contribution in [0.5, 0.6) is 0 Å². The molecule has 0 fully saturated rings. The summed E-state index contributed by atoms with van der Waals surface area (Å²) in [4.78, 5) is 10.5. The van der Waals surface area contributed by atoms with Crippen LogP contribution in [-0.2, 0) is 9.53 Å². The van der Waals surface area contributed by atoms with Gasteiger partial charge in [-0.2, -0.15) is 0 Å². The van der Waals surface area contributed by atoms with Crippen molar-refractivity contribution in [3.05, 3.63) is 11.8 Å². The fraction of sp³-hybridized carbons (Fsp3) is 0.333. The Morgan fingerprint density at radius 2 is 2.36 bits per heavy atom. The molecule has 11 heavy (non-hydrogen) atoms. The van der Waals surface area contributed by atoms with Crippen LogP contribution in [-0.4, -0.2) is 30.5 Å². The number of methoxy groups -OCH3 is 1. The predicted molar refractivity (Wildman–Crippen MR) is 39.1 cm³/mol. The summed E-state index contributed by atoms with van der Waals surface area (Å²) in [6, 6.07) is 0. The number of aliphatic hydroxyl groups excluding tert-OH is 1. The Labute approximate surface area is 64.0 Å². The molecule has 0 bridgehead atoms. The largest absolute Gasteiger partial charge is 0.464 e. The minimum Gasteiger partial charge on any atom is -0.464 e. The first-order valence-corrected chi connectivity index (χ1v) is 2.85. The highest BCUT2D eigenvalue weighted by Crippen LogP contribution is 1.86. The maximum Gasteiger partial charge on any atom is 0.355 e. The lowest BCUT2D eigenvalue weighted by Crippen LogP contribution is -2.15. The van der Waals surface area contributed by atoms with Crippen molar-refractivity contribution in [1.29, 1.82) is 5.41 Å². The molecule has 0 atom stereocenters. The molecule has 4 N–H and O–H groups in total. The highest BCUT2D eigenvalue weighted by atomic mass is 16.5. The SMILES string of the molecule is COC(=O)C(=N)/C=C(\N)CO. The Bertz CT molecular complexity index is 198.